The standard InChI is InChI=1S/C20H28N2O2.2ClH/c1-3-5-11-23-19-13-15(7-9-17(19)21)16-8-10-18(22)20(14-16)24-12-6-4-2;;/h7-10,13-14H,3-6,11-12,21-22H2,1-2H3;2*1H. The minimum atomic E-state index is 0. The van der Waals surface area contributed by atoms with Crippen molar-refractivity contribution >= 4 is 36.2 Å². The lowest BCUT2D eigenvalue weighted by atomic mass is 10.0. The Hall–Kier alpha value is -1.78. The monoisotopic (exact) mass is 400 g/mol. The summed E-state index contributed by atoms with van der Waals surface area (Å²) in [5.41, 5.74) is 15.4. The van der Waals surface area contributed by atoms with Gasteiger partial charge in [0.15, 0.2) is 0 Å². The lowest BCUT2D eigenvalue weighted by Crippen LogP contribution is -2.01. The predicted octanol–water partition coefficient (Wildman–Crippen LogP) is 5.72. The number of nitrogens with two attached hydrogens (primary N) is 2. The Balaban J connectivity index is 0.00000312. The molecule has 0 saturated heterocycles. The first-order chi connectivity index (χ1) is 11.7. The molecule has 2 rings (SSSR count). The third kappa shape index (κ3) is 6.85. The molecule has 0 atom stereocenters. The fraction of sp³-hybridized carbons (Fsp3) is 0.400. The molecule has 0 aliphatic rings. The second-order valence-electron chi connectivity index (χ2n) is 5.91. The highest BCUT2D eigenvalue weighted by Crippen LogP contribution is 2.33. The van der Waals surface area contributed by atoms with Crippen LogP contribution in [0.3, 0.4) is 0 Å². The van der Waals surface area contributed by atoms with Gasteiger partial charge in [0.1, 0.15) is 11.5 Å². The van der Waals surface area contributed by atoms with Gasteiger partial charge in [-0.15, -0.1) is 24.8 Å². The fourth-order valence-corrected chi connectivity index (χ4v) is 2.33. The van der Waals surface area contributed by atoms with E-state index < -0.39 is 0 Å². The summed E-state index contributed by atoms with van der Waals surface area (Å²) in [5.74, 6) is 1.46. The summed E-state index contributed by atoms with van der Waals surface area (Å²) in [6.45, 7) is 5.63. The number of unbranched alkanes of at least 4 members (excludes halogenated alkanes) is 2. The minimum Gasteiger partial charge on any atom is -0.491 e. The van der Waals surface area contributed by atoms with Gasteiger partial charge in [-0.3, -0.25) is 0 Å². The molecule has 0 unspecified atom stereocenters. The summed E-state index contributed by atoms with van der Waals surface area (Å²) >= 11 is 0. The highest BCUT2D eigenvalue weighted by molar-refractivity contribution is 5.85. The molecule has 0 saturated carbocycles. The molecular formula is C20H30Cl2N2O2. The van der Waals surface area contributed by atoms with Gasteiger partial charge in [0.2, 0.25) is 0 Å². The van der Waals surface area contributed by atoms with Crippen LogP contribution in [0.25, 0.3) is 11.1 Å². The molecule has 0 amide bonds. The molecule has 0 aromatic heterocycles. The average Bonchev–Trinajstić information content (AvgIpc) is 2.59. The predicted molar refractivity (Wildman–Crippen MR) is 116 cm³/mol. The van der Waals surface area contributed by atoms with Crippen LogP contribution in [0.5, 0.6) is 11.5 Å². The summed E-state index contributed by atoms with van der Waals surface area (Å²) in [6.07, 6.45) is 4.22. The van der Waals surface area contributed by atoms with E-state index in [1.165, 1.54) is 0 Å². The molecule has 0 bridgehead atoms. The quantitative estimate of drug-likeness (QED) is 0.416. The van der Waals surface area contributed by atoms with Gasteiger partial charge >= 0.3 is 0 Å². The van der Waals surface area contributed by atoms with Gasteiger partial charge in [-0.05, 0) is 48.2 Å². The number of ether oxygens (including phenoxy) is 2. The van der Waals surface area contributed by atoms with Crippen LogP contribution in [-0.4, -0.2) is 13.2 Å². The molecule has 2 aromatic carbocycles. The second-order valence-corrected chi connectivity index (χ2v) is 5.91. The zero-order valence-electron chi connectivity index (χ0n) is 15.5. The Bertz CT molecular complexity index is 609. The normalized spacial score (nSPS) is 9.77. The van der Waals surface area contributed by atoms with Crippen LogP contribution in [0.2, 0.25) is 0 Å². The molecule has 26 heavy (non-hydrogen) atoms. The SMILES string of the molecule is CCCCOc1cc(-c2ccc(N)c(OCCCC)c2)ccc1N.Cl.Cl. The van der Waals surface area contributed by atoms with Gasteiger partial charge < -0.3 is 20.9 Å². The third-order valence-corrected chi connectivity index (χ3v) is 3.87. The van der Waals surface area contributed by atoms with Crippen LogP contribution in [0.1, 0.15) is 39.5 Å². The van der Waals surface area contributed by atoms with Crippen LogP contribution in [0.4, 0.5) is 11.4 Å². The molecule has 2 aromatic rings. The van der Waals surface area contributed by atoms with Crippen molar-refractivity contribution in [3.63, 3.8) is 0 Å². The number of hydrogen-bond acceptors (Lipinski definition) is 4. The molecule has 4 nitrogen and oxygen atoms in total. The summed E-state index contributed by atoms with van der Waals surface area (Å²) < 4.78 is 11.6. The summed E-state index contributed by atoms with van der Waals surface area (Å²) in [7, 11) is 0. The van der Waals surface area contributed by atoms with E-state index in [4.69, 9.17) is 20.9 Å². The maximum absolute atomic E-state index is 6.02. The fourth-order valence-electron chi connectivity index (χ4n) is 2.33. The zero-order chi connectivity index (χ0) is 17.4. The van der Waals surface area contributed by atoms with Crippen LogP contribution in [-0.2, 0) is 0 Å². The maximum Gasteiger partial charge on any atom is 0.142 e. The van der Waals surface area contributed by atoms with E-state index in [0.717, 1.165) is 48.3 Å². The smallest absolute Gasteiger partial charge is 0.142 e. The molecule has 146 valence electrons. The summed E-state index contributed by atoms with van der Waals surface area (Å²) in [5, 5.41) is 0. The van der Waals surface area contributed by atoms with E-state index in [9.17, 15) is 0 Å². The molecule has 0 fully saturated rings. The lowest BCUT2D eigenvalue weighted by molar-refractivity contribution is 0.310. The van der Waals surface area contributed by atoms with Crippen molar-refractivity contribution in [1.82, 2.24) is 0 Å². The highest BCUT2D eigenvalue weighted by Gasteiger charge is 2.08. The molecule has 0 spiro atoms. The highest BCUT2D eigenvalue weighted by atomic mass is 35.5. The minimum absolute atomic E-state index is 0. The second kappa shape index (κ2) is 12.6. The van der Waals surface area contributed by atoms with Gasteiger partial charge in [-0.2, -0.15) is 0 Å². The van der Waals surface area contributed by atoms with Crippen LogP contribution >= 0.6 is 24.8 Å². The molecular weight excluding hydrogens is 371 g/mol. The Labute approximate surface area is 169 Å². The van der Waals surface area contributed by atoms with Crippen LogP contribution in [0.15, 0.2) is 36.4 Å². The lowest BCUT2D eigenvalue weighted by Gasteiger charge is -2.13. The van der Waals surface area contributed by atoms with Crippen molar-refractivity contribution in [2.24, 2.45) is 0 Å². The largest absolute Gasteiger partial charge is 0.491 e. The van der Waals surface area contributed by atoms with E-state index in [1.807, 2.05) is 36.4 Å². The first-order valence-electron chi connectivity index (χ1n) is 8.70. The van der Waals surface area contributed by atoms with Gasteiger partial charge in [0, 0.05) is 0 Å². The molecule has 0 heterocycles. The maximum atomic E-state index is 6.02. The Morgan fingerprint density at radius 2 is 1.08 bits per heavy atom. The van der Waals surface area contributed by atoms with E-state index >= 15 is 0 Å². The Morgan fingerprint density at radius 1 is 0.692 bits per heavy atom. The van der Waals surface area contributed by atoms with E-state index in [1.54, 1.807) is 0 Å². The first-order valence-corrected chi connectivity index (χ1v) is 8.70. The van der Waals surface area contributed by atoms with E-state index in [2.05, 4.69) is 13.8 Å². The number of rotatable bonds is 9. The van der Waals surface area contributed by atoms with Gasteiger partial charge in [0.05, 0.1) is 24.6 Å². The van der Waals surface area contributed by atoms with Crippen LogP contribution < -0.4 is 20.9 Å². The van der Waals surface area contributed by atoms with Crippen molar-refractivity contribution in [3.05, 3.63) is 36.4 Å². The zero-order valence-corrected chi connectivity index (χ0v) is 17.1. The Morgan fingerprint density at radius 3 is 1.42 bits per heavy atom. The van der Waals surface area contributed by atoms with E-state index in [-0.39, 0.29) is 24.8 Å². The van der Waals surface area contributed by atoms with Crippen molar-refractivity contribution in [2.75, 3.05) is 24.7 Å². The number of nitrogen functional groups attached to an aromatic ring is 2. The van der Waals surface area contributed by atoms with Gasteiger partial charge in [-0.1, -0.05) is 38.8 Å². The van der Waals surface area contributed by atoms with Crippen LogP contribution in [0, 0.1) is 0 Å². The molecule has 6 heteroatoms. The molecule has 0 aliphatic carbocycles. The van der Waals surface area contributed by atoms with Crippen molar-refractivity contribution < 1.29 is 9.47 Å². The number of anilines is 2. The molecule has 4 N–H and O–H groups in total. The van der Waals surface area contributed by atoms with Crippen molar-refractivity contribution in [1.29, 1.82) is 0 Å². The molecule has 0 aliphatic heterocycles. The molecule has 0 radical (unpaired) electrons. The average molecular weight is 401 g/mol. The topological polar surface area (TPSA) is 70.5 Å². The van der Waals surface area contributed by atoms with Crippen molar-refractivity contribution in [3.8, 4) is 22.6 Å². The number of hydrogen-bond donors (Lipinski definition) is 2. The summed E-state index contributed by atoms with van der Waals surface area (Å²) in [6, 6.07) is 11.7. The number of benzene rings is 2. The van der Waals surface area contributed by atoms with Gasteiger partial charge in [-0.25, -0.2) is 0 Å². The van der Waals surface area contributed by atoms with Crippen molar-refractivity contribution in [2.45, 2.75) is 39.5 Å². The Kier molecular flexibility index (Phi) is 11.7. The summed E-state index contributed by atoms with van der Waals surface area (Å²) in [4.78, 5) is 0. The van der Waals surface area contributed by atoms with Gasteiger partial charge in [0.25, 0.3) is 0 Å². The van der Waals surface area contributed by atoms with E-state index in [0.29, 0.717) is 24.6 Å². The first kappa shape index (κ1) is 24.2. The number of halogens is 2. The third-order valence-electron chi connectivity index (χ3n) is 3.87.